The Balaban J connectivity index is 1.13. The summed E-state index contributed by atoms with van der Waals surface area (Å²) in [4.78, 5) is 36.9. The number of alkyl halides is 3. The van der Waals surface area contributed by atoms with Crippen LogP contribution in [0.15, 0.2) is 18.2 Å². The van der Waals surface area contributed by atoms with E-state index in [2.05, 4.69) is 26.3 Å². The lowest BCUT2D eigenvalue weighted by Gasteiger charge is -2.35. The summed E-state index contributed by atoms with van der Waals surface area (Å²) in [6, 6.07) is 5.08. The van der Waals surface area contributed by atoms with Crippen LogP contribution in [0.1, 0.15) is 25.7 Å². The van der Waals surface area contributed by atoms with Crippen molar-refractivity contribution >= 4 is 35.0 Å². The summed E-state index contributed by atoms with van der Waals surface area (Å²) in [7, 11) is 0. The number of halogens is 4. The van der Waals surface area contributed by atoms with Crippen LogP contribution >= 0.6 is 11.6 Å². The molecule has 3 amide bonds. The van der Waals surface area contributed by atoms with Gasteiger partial charge in [-0.25, -0.2) is 5.01 Å². The lowest BCUT2D eigenvalue weighted by molar-refractivity contribution is -0.353. The fourth-order valence-electron chi connectivity index (χ4n) is 4.16. The van der Waals surface area contributed by atoms with Gasteiger partial charge < -0.3 is 10.1 Å². The van der Waals surface area contributed by atoms with Crippen LogP contribution < -0.4 is 26.3 Å². The first-order valence-electron chi connectivity index (χ1n) is 11.2. The number of hydrogen-bond acceptors (Lipinski definition) is 7. The van der Waals surface area contributed by atoms with Crippen LogP contribution in [0.3, 0.4) is 0 Å². The normalized spacial score (nSPS) is 24.7. The van der Waals surface area contributed by atoms with Gasteiger partial charge in [0.25, 0.3) is 5.91 Å². The second-order valence-electron chi connectivity index (χ2n) is 8.70. The molecule has 10 nitrogen and oxygen atoms in total. The van der Waals surface area contributed by atoms with E-state index < -0.39 is 30.4 Å². The molecule has 1 unspecified atom stereocenters. The van der Waals surface area contributed by atoms with Crippen LogP contribution in [0.4, 0.5) is 18.9 Å². The molecule has 0 radical (unpaired) electrons. The first-order chi connectivity index (χ1) is 16.6. The van der Waals surface area contributed by atoms with E-state index in [1.54, 1.807) is 23.2 Å². The van der Waals surface area contributed by atoms with Crippen molar-refractivity contribution in [2.75, 3.05) is 25.0 Å². The van der Waals surface area contributed by atoms with Gasteiger partial charge in [-0.1, -0.05) is 11.6 Å². The maximum absolute atomic E-state index is 12.6. The van der Waals surface area contributed by atoms with E-state index in [1.165, 1.54) is 0 Å². The lowest BCUT2D eigenvalue weighted by atomic mass is 9.82. The molecule has 1 aromatic carbocycles. The first-order valence-corrected chi connectivity index (χ1v) is 11.5. The molecule has 1 aliphatic carbocycles. The zero-order chi connectivity index (χ0) is 25.2. The molecule has 192 valence electrons. The number of nitrogens with one attached hydrogen (secondary N) is 4. The van der Waals surface area contributed by atoms with Crippen molar-refractivity contribution in [3.05, 3.63) is 23.2 Å². The standard InChI is InChI=1S/C21H25ClF3N5O5/c22-13-1-2-16-15(9-13)26-10-17(34-16)20(33)29-30-5-3-11(4-6-30)18(31)27-28-19(32)12-7-14(8-12)35-21(23,24)25/h1-2,9,11-12,14,17,26H,3-8,10H2,(H,27,31)(H,28,32)(H,29,33). The van der Waals surface area contributed by atoms with Gasteiger partial charge in [0.2, 0.25) is 11.8 Å². The van der Waals surface area contributed by atoms with Crippen molar-refractivity contribution in [2.45, 2.75) is 44.3 Å². The van der Waals surface area contributed by atoms with Gasteiger partial charge in [0.05, 0.1) is 18.3 Å². The highest BCUT2D eigenvalue weighted by atomic mass is 35.5. The van der Waals surface area contributed by atoms with Crippen molar-refractivity contribution in [1.29, 1.82) is 0 Å². The average molecular weight is 520 g/mol. The highest BCUT2D eigenvalue weighted by molar-refractivity contribution is 6.30. The molecule has 3 aliphatic rings. The largest absolute Gasteiger partial charge is 0.522 e. The van der Waals surface area contributed by atoms with Crippen LogP contribution in [0.25, 0.3) is 0 Å². The van der Waals surface area contributed by atoms with Crippen molar-refractivity contribution in [3.63, 3.8) is 0 Å². The van der Waals surface area contributed by atoms with Gasteiger partial charge in [-0.05, 0) is 43.9 Å². The van der Waals surface area contributed by atoms with E-state index in [0.29, 0.717) is 42.4 Å². The number of hydrogen-bond donors (Lipinski definition) is 4. The Morgan fingerprint density at radius 1 is 1.06 bits per heavy atom. The zero-order valence-corrected chi connectivity index (χ0v) is 19.2. The number of ether oxygens (including phenoxy) is 2. The Morgan fingerprint density at radius 3 is 2.37 bits per heavy atom. The predicted octanol–water partition coefficient (Wildman–Crippen LogP) is 1.72. The van der Waals surface area contributed by atoms with Crippen molar-refractivity contribution in [1.82, 2.24) is 21.3 Å². The molecule has 0 aromatic heterocycles. The van der Waals surface area contributed by atoms with E-state index in [-0.39, 0.29) is 37.1 Å². The molecule has 2 fully saturated rings. The number of benzene rings is 1. The number of anilines is 1. The molecular weight excluding hydrogens is 495 g/mol. The fraction of sp³-hybridized carbons (Fsp3) is 0.571. The van der Waals surface area contributed by atoms with Gasteiger partial charge in [-0.2, -0.15) is 0 Å². The fourth-order valence-corrected chi connectivity index (χ4v) is 4.33. The maximum Gasteiger partial charge on any atom is 0.522 e. The molecule has 14 heteroatoms. The molecule has 1 saturated heterocycles. The minimum absolute atomic E-state index is 0.0567. The first kappa shape index (κ1) is 25.3. The van der Waals surface area contributed by atoms with Crippen LogP contribution in [-0.4, -0.2) is 60.9 Å². The Hall–Kier alpha value is -2.77. The number of amides is 3. The molecule has 0 spiro atoms. The monoisotopic (exact) mass is 519 g/mol. The second kappa shape index (κ2) is 10.5. The smallest absolute Gasteiger partial charge is 0.476 e. The second-order valence-corrected chi connectivity index (χ2v) is 9.13. The van der Waals surface area contributed by atoms with Crippen LogP contribution in [0.2, 0.25) is 5.02 Å². The molecular formula is C21H25ClF3N5O5. The third kappa shape index (κ3) is 6.67. The molecule has 0 bridgehead atoms. The SMILES string of the molecule is O=C(NNC(=O)C1CC(OC(F)(F)F)C1)C1CCN(NC(=O)C2CNc3cc(Cl)ccc3O2)CC1. The van der Waals surface area contributed by atoms with Crippen molar-refractivity contribution in [3.8, 4) is 5.75 Å². The van der Waals surface area contributed by atoms with Crippen LogP contribution in [0, 0.1) is 11.8 Å². The number of carbonyl (C=O) groups excluding carboxylic acids is 3. The molecule has 35 heavy (non-hydrogen) atoms. The van der Waals surface area contributed by atoms with Gasteiger partial charge in [-0.3, -0.25) is 35.4 Å². The molecule has 2 aliphatic heterocycles. The Bertz CT molecular complexity index is 967. The quantitative estimate of drug-likeness (QED) is 0.437. The molecule has 4 N–H and O–H groups in total. The van der Waals surface area contributed by atoms with Gasteiger partial charge in [0, 0.05) is 29.9 Å². The van der Waals surface area contributed by atoms with Crippen LogP contribution in [0.5, 0.6) is 5.75 Å². The number of hydrazine groups is 2. The molecule has 4 rings (SSSR count). The zero-order valence-electron chi connectivity index (χ0n) is 18.5. The molecule has 1 atom stereocenters. The summed E-state index contributed by atoms with van der Waals surface area (Å²) < 4.78 is 46.1. The van der Waals surface area contributed by atoms with E-state index in [9.17, 15) is 27.6 Å². The molecule has 1 saturated carbocycles. The van der Waals surface area contributed by atoms with Crippen LogP contribution in [-0.2, 0) is 19.1 Å². The molecule has 1 aromatic rings. The third-order valence-corrected chi connectivity index (χ3v) is 6.43. The Kier molecular flexibility index (Phi) is 7.57. The number of piperidine rings is 1. The summed E-state index contributed by atoms with van der Waals surface area (Å²) in [6.45, 7) is 1.12. The van der Waals surface area contributed by atoms with Gasteiger partial charge in [0.15, 0.2) is 6.10 Å². The Morgan fingerprint density at radius 2 is 1.71 bits per heavy atom. The topological polar surface area (TPSA) is 121 Å². The van der Waals surface area contributed by atoms with Crippen molar-refractivity contribution < 1.29 is 37.0 Å². The highest BCUT2D eigenvalue weighted by Gasteiger charge is 2.43. The molecule has 2 heterocycles. The highest BCUT2D eigenvalue weighted by Crippen LogP contribution is 2.35. The number of rotatable bonds is 5. The van der Waals surface area contributed by atoms with Crippen molar-refractivity contribution in [2.24, 2.45) is 11.8 Å². The van der Waals surface area contributed by atoms with E-state index in [1.807, 2.05) is 0 Å². The summed E-state index contributed by atoms with van der Waals surface area (Å²) in [5, 5.41) is 5.38. The maximum atomic E-state index is 12.6. The van der Waals surface area contributed by atoms with E-state index in [4.69, 9.17) is 16.3 Å². The minimum atomic E-state index is -4.73. The lowest BCUT2D eigenvalue weighted by Crippen LogP contribution is -2.55. The third-order valence-electron chi connectivity index (χ3n) is 6.19. The predicted molar refractivity (Wildman–Crippen MR) is 117 cm³/mol. The number of fused-ring (bicyclic) bond motifs is 1. The van der Waals surface area contributed by atoms with E-state index >= 15 is 0 Å². The minimum Gasteiger partial charge on any atom is -0.476 e. The number of nitrogens with zero attached hydrogens (tertiary/aromatic N) is 1. The summed E-state index contributed by atoms with van der Waals surface area (Å²) in [6.07, 6.45) is -5.72. The number of carbonyl (C=O) groups is 3. The van der Waals surface area contributed by atoms with Gasteiger partial charge >= 0.3 is 6.36 Å². The summed E-state index contributed by atoms with van der Waals surface area (Å²) in [5.41, 5.74) is 8.13. The summed E-state index contributed by atoms with van der Waals surface area (Å²) in [5.74, 6) is -1.74. The Labute approximate surface area is 203 Å². The average Bonchev–Trinajstić information content (AvgIpc) is 2.78. The van der Waals surface area contributed by atoms with Gasteiger partial charge in [-0.15, -0.1) is 13.2 Å². The summed E-state index contributed by atoms with van der Waals surface area (Å²) >= 11 is 5.95. The van der Waals surface area contributed by atoms with Gasteiger partial charge in [0.1, 0.15) is 5.75 Å². The van der Waals surface area contributed by atoms with E-state index in [0.717, 1.165) is 0 Å².